The average molecular weight is 423 g/mol. The summed E-state index contributed by atoms with van der Waals surface area (Å²) in [6.45, 7) is 3.33. The molecule has 3 rings (SSSR count). The standard InChI is InChI=1S/C23H19ClN2O2S/c1-14-21(15(2)27)22(17-6-4-3-5-7-17)19(12-25)23(26-14)29-13-20(28)16-8-10-18(24)11-9-16/h3-11,22,26H,13H2,1-2H3/t22-/m0/s1. The zero-order valence-electron chi connectivity index (χ0n) is 16.0. The van der Waals surface area contributed by atoms with E-state index in [2.05, 4.69) is 11.4 Å². The Balaban J connectivity index is 1.93. The molecule has 4 nitrogen and oxygen atoms in total. The van der Waals surface area contributed by atoms with Crippen LogP contribution in [0.5, 0.6) is 0 Å². The number of thioether (sulfide) groups is 1. The molecule has 1 atom stereocenters. The molecule has 1 heterocycles. The number of dihydropyridines is 1. The lowest BCUT2D eigenvalue weighted by atomic mass is 9.81. The van der Waals surface area contributed by atoms with Gasteiger partial charge in [-0.1, -0.05) is 53.7 Å². The van der Waals surface area contributed by atoms with E-state index in [9.17, 15) is 14.9 Å². The van der Waals surface area contributed by atoms with Crippen LogP contribution in [0.2, 0.25) is 5.02 Å². The maximum absolute atomic E-state index is 12.5. The number of nitrogens with one attached hydrogen (secondary N) is 1. The molecule has 0 spiro atoms. The minimum atomic E-state index is -0.451. The number of Topliss-reactive ketones (excluding diaryl/α,β-unsaturated/α-hetero) is 2. The number of allylic oxidation sites excluding steroid dienone is 3. The number of ketones is 2. The maximum atomic E-state index is 12.5. The third kappa shape index (κ3) is 4.61. The number of halogens is 1. The molecule has 29 heavy (non-hydrogen) atoms. The van der Waals surface area contributed by atoms with Gasteiger partial charge in [-0.05, 0) is 43.7 Å². The molecule has 0 saturated carbocycles. The molecule has 0 bridgehead atoms. The van der Waals surface area contributed by atoms with Crippen LogP contribution in [0.25, 0.3) is 0 Å². The first kappa shape index (κ1) is 20.9. The first-order valence-corrected chi connectivity index (χ1v) is 10.4. The fraction of sp³-hybridized carbons (Fsp3) is 0.174. The van der Waals surface area contributed by atoms with E-state index < -0.39 is 5.92 Å². The molecule has 0 saturated heterocycles. The largest absolute Gasteiger partial charge is 0.353 e. The molecular weight excluding hydrogens is 404 g/mol. The molecular formula is C23H19ClN2O2S. The number of hydrogen-bond acceptors (Lipinski definition) is 5. The molecule has 0 aliphatic carbocycles. The summed E-state index contributed by atoms with van der Waals surface area (Å²) < 4.78 is 0. The summed E-state index contributed by atoms with van der Waals surface area (Å²) in [4.78, 5) is 24.9. The number of carbonyl (C=O) groups excluding carboxylic acids is 2. The second-order valence-electron chi connectivity index (χ2n) is 6.64. The van der Waals surface area contributed by atoms with Gasteiger partial charge in [-0.3, -0.25) is 9.59 Å². The minimum Gasteiger partial charge on any atom is -0.353 e. The molecule has 0 amide bonds. The topological polar surface area (TPSA) is 70.0 Å². The predicted molar refractivity (Wildman–Crippen MR) is 117 cm³/mol. The van der Waals surface area contributed by atoms with Crippen molar-refractivity contribution in [3.05, 3.63) is 92.6 Å². The summed E-state index contributed by atoms with van der Waals surface area (Å²) in [6.07, 6.45) is 0. The third-order valence-electron chi connectivity index (χ3n) is 4.67. The van der Waals surface area contributed by atoms with Crippen molar-refractivity contribution < 1.29 is 9.59 Å². The van der Waals surface area contributed by atoms with Crippen molar-refractivity contribution >= 4 is 34.9 Å². The molecule has 6 heteroatoms. The lowest BCUT2D eigenvalue weighted by Gasteiger charge is -2.29. The van der Waals surface area contributed by atoms with Crippen LogP contribution in [0.4, 0.5) is 0 Å². The lowest BCUT2D eigenvalue weighted by Crippen LogP contribution is -2.27. The highest BCUT2D eigenvalue weighted by Gasteiger charge is 2.33. The minimum absolute atomic E-state index is 0.0616. The highest BCUT2D eigenvalue weighted by molar-refractivity contribution is 8.03. The van der Waals surface area contributed by atoms with Crippen molar-refractivity contribution in [3.8, 4) is 6.07 Å². The van der Waals surface area contributed by atoms with Gasteiger partial charge in [0.1, 0.15) is 0 Å². The van der Waals surface area contributed by atoms with Crippen molar-refractivity contribution in [1.29, 1.82) is 5.26 Å². The van der Waals surface area contributed by atoms with Crippen molar-refractivity contribution in [2.24, 2.45) is 0 Å². The van der Waals surface area contributed by atoms with Crippen LogP contribution in [0, 0.1) is 11.3 Å². The van der Waals surface area contributed by atoms with Gasteiger partial charge in [0, 0.05) is 21.9 Å². The van der Waals surface area contributed by atoms with Gasteiger partial charge in [0.05, 0.1) is 28.3 Å². The Kier molecular flexibility index (Phi) is 6.58. The van der Waals surface area contributed by atoms with Gasteiger partial charge in [-0.25, -0.2) is 0 Å². The Morgan fingerprint density at radius 1 is 1.14 bits per heavy atom. The number of rotatable bonds is 6. The van der Waals surface area contributed by atoms with E-state index in [-0.39, 0.29) is 17.3 Å². The fourth-order valence-electron chi connectivity index (χ4n) is 3.33. The lowest BCUT2D eigenvalue weighted by molar-refractivity contribution is -0.113. The van der Waals surface area contributed by atoms with Crippen molar-refractivity contribution in [1.82, 2.24) is 5.32 Å². The molecule has 146 valence electrons. The second-order valence-corrected chi connectivity index (χ2v) is 8.06. The Morgan fingerprint density at radius 2 is 1.79 bits per heavy atom. The van der Waals surface area contributed by atoms with Gasteiger partial charge in [0.15, 0.2) is 11.6 Å². The van der Waals surface area contributed by atoms with Crippen LogP contribution < -0.4 is 5.32 Å². The second kappa shape index (κ2) is 9.13. The molecule has 0 fully saturated rings. The molecule has 1 aliphatic heterocycles. The Morgan fingerprint density at radius 3 is 2.38 bits per heavy atom. The van der Waals surface area contributed by atoms with Gasteiger partial charge in [0.2, 0.25) is 0 Å². The summed E-state index contributed by atoms with van der Waals surface area (Å²) in [5.41, 5.74) is 3.15. The average Bonchev–Trinajstić information content (AvgIpc) is 2.72. The van der Waals surface area contributed by atoms with Gasteiger partial charge in [0.25, 0.3) is 0 Å². The zero-order chi connectivity index (χ0) is 21.0. The number of carbonyl (C=O) groups is 2. The Hall–Kier alpha value is -2.81. The number of benzene rings is 2. The fourth-order valence-corrected chi connectivity index (χ4v) is 4.44. The molecule has 1 N–H and O–H groups in total. The molecule has 2 aromatic carbocycles. The maximum Gasteiger partial charge on any atom is 0.173 e. The highest BCUT2D eigenvalue weighted by Crippen LogP contribution is 2.40. The van der Waals surface area contributed by atoms with Crippen LogP contribution in [-0.4, -0.2) is 17.3 Å². The smallest absolute Gasteiger partial charge is 0.173 e. The van der Waals surface area contributed by atoms with E-state index in [1.807, 2.05) is 37.3 Å². The molecule has 0 radical (unpaired) electrons. The monoisotopic (exact) mass is 422 g/mol. The summed E-state index contributed by atoms with van der Waals surface area (Å²) >= 11 is 7.15. The van der Waals surface area contributed by atoms with Crippen LogP contribution in [0.1, 0.15) is 35.7 Å². The first-order chi connectivity index (χ1) is 13.9. The third-order valence-corrected chi connectivity index (χ3v) is 5.94. The Labute approximate surface area is 179 Å². The van der Waals surface area contributed by atoms with Gasteiger partial charge in [-0.15, -0.1) is 0 Å². The van der Waals surface area contributed by atoms with Crippen LogP contribution in [0.3, 0.4) is 0 Å². The van der Waals surface area contributed by atoms with E-state index >= 15 is 0 Å². The van der Waals surface area contributed by atoms with Crippen LogP contribution >= 0.6 is 23.4 Å². The van der Waals surface area contributed by atoms with E-state index in [0.29, 0.717) is 32.5 Å². The van der Waals surface area contributed by atoms with Gasteiger partial charge < -0.3 is 5.32 Å². The molecule has 1 aliphatic rings. The van der Waals surface area contributed by atoms with E-state index in [1.165, 1.54) is 18.7 Å². The van der Waals surface area contributed by atoms with Gasteiger partial charge >= 0.3 is 0 Å². The SMILES string of the molecule is CC(=O)C1=C(C)NC(SCC(=O)c2ccc(Cl)cc2)=C(C#N)[C@@H]1c1ccccc1. The van der Waals surface area contributed by atoms with Crippen molar-refractivity contribution in [2.45, 2.75) is 19.8 Å². The molecule has 0 unspecified atom stereocenters. The summed E-state index contributed by atoms with van der Waals surface area (Å²) in [5.74, 6) is -0.432. The van der Waals surface area contributed by atoms with Crippen LogP contribution in [-0.2, 0) is 4.79 Å². The number of nitrogens with zero attached hydrogens (tertiary/aromatic N) is 1. The van der Waals surface area contributed by atoms with E-state index in [1.54, 1.807) is 24.3 Å². The molecule has 0 aromatic heterocycles. The summed E-state index contributed by atoms with van der Waals surface area (Å²) in [6, 6.07) is 18.5. The quantitative estimate of drug-likeness (QED) is 0.644. The summed E-state index contributed by atoms with van der Waals surface area (Å²) in [5, 5.41) is 14.2. The van der Waals surface area contributed by atoms with Crippen LogP contribution in [0.15, 0.2) is 76.5 Å². The van der Waals surface area contributed by atoms with E-state index in [4.69, 9.17) is 11.6 Å². The molecule has 2 aromatic rings. The van der Waals surface area contributed by atoms with Crippen molar-refractivity contribution in [2.75, 3.05) is 5.75 Å². The van der Waals surface area contributed by atoms with Gasteiger partial charge in [-0.2, -0.15) is 5.26 Å². The number of nitriles is 1. The Bertz CT molecular complexity index is 1050. The predicted octanol–water partition coefficient (Wildman–Crippen LogP) is 5.24. The zero-order valence-corrected chi connectivity index (χ0v) is 17.6. The highest BCUT2D eigenvalue weighted by atomic mass is 35.5. The first-order valence-electron chi connectivity index (χ1n) is 9.02. The number of hydrogen-bond donors (Lipinski definition) is 1. The van der Waals surface area contributed by atoms with Crippen molar-refractivity contribution in [3.63, 3.8) is 0 Å². The van der Waals surface area contributed by atoms with E-state index in [0.717, 1.165) is 5.56 Å². The summed E-state index contributed by atoms with van der Waals surface area (Å²) in [7, 11) is 0. The normalized spacial score (nSPS) is 16.3.